The first-order valence-electron chi connectivity index (χ1n) is 8.06. The molecule has 124 valence electrons. The van der Waals surface area contributed by atoms with Crippen LogP contribution in [0.3, 0.4) is 0 Å². The average Bonchev–Trinajstić information content (AvgIpc) is 2.50. The second-order valence-corrected chi connectivity index (χ2v) is 6.40. The van der Waals surface area contributed by atoms with Gasteiger partial charge in [0, 0.05) is 13.0 Å². The van der Waals surface area contributed by atoms with Gasteiger partial charge >= 0.3 is 5.97 Å². The molecular formula is C17H22N2O4. The Labute approximate surface area is 135 Å². The van der Waals surface area contributed by atoms with Crippen LogP contribution in [0.4, 0.5) is 5.69 Å². The van der Waals surface area contributed by atoms with Crippen LogP contribution in [0.2, 0.25) is 0 Å². The largest absolute Gasteiger partial charge is 0.481 e. The van der Waals surface area contributed by atoms with E-state index in [0.29, 0.717) is 11.7 Å². The third-order valence-corrected chi connectivity index (χ3v) is 4.55. The summed E-state index contributed by atoms with van der Waals surface area (Å²) in [6.45, 7) is 4.36. The number of hydrogen-bond acceptors (Lipinski definition) is 4. The Morgan fingerprint density at radius 1 is 1.39 bits per heavy atom. The zero-order valence-electron chi connectivity index (χ0n) is 13.2. The van der Waals surface area contributed by atoms with Gasteiger partial charge in [0.15, 0.2) is 6.10 Å². The predicted molar refractivity (Wildman–Crippen MR) is 85.4 cm³/mol. The van der Waals surface area contributed by atoms with Gasteiger partial charge in [-0.3, -0.25) is 14.5 Å². The van der Waals surface area contributed by atoms with Gasteiger partial charge < -0.3 is 15.2 Å². The Morgan fingerprint density at radius 2 is 2.13 bits per heavy atom. The van der Waals surface area contributed by atoms with Crippen molar-refractivity contribution in [3.8, 4) is 5.75 Å². The number of anilines is 1. The maximum Gasteiger partial charge on any atom is 0.303 e. The molecule has 2 aliphatic heterocycles. The molecule has 1 saturated heterocycles. The normalized spacial score (nSPS) is 22.1. The molecule has 2 heterocycles. The zero-order valence-corrected chi connectivity index (χ0v) is 13.2. The van der Waals surface area contributed by atoms with Crippen molar-refractivity contribution in [2.45, 2.75) is 38.8 Å². The third-order valence-electron chi connectivity index (χ3n) is 4.55. The van der Waals surface area contributed by atoms with Crippen molar-refractivity contribution in [2.75, 3.05) is 18.4 Å². The summed E-state index contributed by atoms with van der Waals surface area (Å²) in [4.78, 5) is 24.8. The van der Waals surface area contributed by atoms with Gasteiger partial charge in [0.25, 0.3) is 5.91 Å². The van der Waals surface area contributed by atoms with Gasteiger partial charge in [0.2, 0.25) is 0 Å². The first kappa shape index (κ1) is 15.8. The Bertz CT molecular complexity index is 609. The van der Waals surface area contributed by atoms with Crippen LogP contribution in [0.5, 0.6) is 5.75 Å². The number of fused-ring (bicyclic) bond motifs is 1. The molecule has 1 fully saturated rings. The highest BCUT2D eigenvalue weighted by atomic mass is 16.5. The van der Waals surface area contributed by atoms with Gasteiger partial charge in [0.1, 0.15) is 5.75 Å². The molecule has 3 rings (SSSR count). The van der Waals surface area contributed by atoms with Crippen LogP contribution in [0, 0.1) is 5.92 Å². The van der Waals surface area contributed by atoms with Crippen LogP contribution in [0.25, 0.3) is 0 Å². The van der Waals surface area contributed by atoms with Gasteiger partial charge in [-0.05, 0) is 56.5 Å². The molecule has 0 aromatic heterocycles. The molecular weight excluding hydrogens is 296 g/mol. The van der Waals surface area contributed by atoms with E-state index >= 15 is 0 Å². The molecule has 2 N–H and O–H groups in total. The number of benzene rings is 1. The average molecular weight is 318 g/mol. The number of piperidine rings is 1. The highest BCUT2D eigenvalue weighted by Gasteiger charge is 2.24. The molecule has 0 aliphatic carbocycles. The highest BCUT2D eigenvalue weighted by Crippen LogP contribution is 2.31. The minimum absolute atomic E-state index is 0.121. The molecule has 1 aromatic carbocycles. The number of amides is 1. The number of carboxylic acids is 1. The van der Waals surface area contributed by atoms with E-state index in [1.807, 2.05) is 18.2 Å². The third kappa shape index (κ3) is 3.82. The topological polar surface area (TPSA) is 78.9 Å². The molecule has 0 spiro atoms. The summed E-state index contributed by atoms with van der Waals surface area (Å²) in [7, 11) is 0. The number of aliphatic carboxylic acids is 1. The van der Waals surface area contributed by atoms with Crippen LogP contribution in [0.15, 0.2) is 18.2 Å². The summed E-state index contributed by atoms with van der Waals surface area (Å²) >= 11 is 0. The molecule has 1 unspecified atom stereocenters. The maximum absolute atomic E-state index is 11.7. The SMILES string of the molecule is CC1Oc2ccc(CN3CCC(CC(=O)O)CC3)cc2NC1=O. The van der Waals surface area contributed by atoms with E-state index < -0.39 is 12.1 Å². The summed E-state index contributed by atoms with van der Waals surface area (Å²) in [5, 5.41) is 11.7. The highest BCUT2D eigenvalue weighted by molar-refractivity contribution is 5.97. The molecule has 23 heavy (non-hydrogen) atoms. The molecule has 1 aromatic rings. The molecule has 0 saturated carbocycles. The Kier molecular flexibility index (Phi) is 4.52. The fraction of sp³-hybridized carbons (Fsp3) is 0.529. The van der Waals surface area contributed by atoms with Crippen molar-refractivity contribution in [2.24, 2.45) is 5.92 Å². The van der Waals surface area contributed by atoms with Crippen molar-refractivity contribution < 1.29 is 19.4 Å². The van der Waals surface area contributed by atoms with E-state index in [1.54, 1.807) is 6.92 Å². The van der Waals surface area contributed by atoms with Gasteiger partial charge in [-0.1, -0.05) is 6.07 Å². The minimum Gasteiger partial charge on any atom is -0.481 e. The fourth-order valence-electron chi connectivity index (χ4n) is 3.21. The second-order valence-electron chi connectivity index (χ2n) is 6.40. The van der Waals surface area contributed by atoms with E-state index in [2.05, 4.69) is 10.2 Å². The van der Waals surface area contributed by atoms with Gasteiger partial charge in [-0.15, -0.1) is 0 Å². The van der Waals surface area contributed by atoms with Crippen molar-refractivity contribution in [1.29, 1.82) is 0 Å². The van der Waals surface area contributed by atoms with E-state index in [-0.39, 0.29) is 12.3 Å². The van der Waals surface area contributed by atoms with Crippen LogP contribution < -0.4 is 10.1 Å². The lowest BCUT2D eigenvalue weighted by Crippen LogP contribution is -2.35. The monoisotopic (exact) mass is 318 g/mol. The molecule has 6 heteroatoms. The molecule has 0 bridgehead atoms. The Morgan fingerprint density at radius 3 is 2.83 bits per heavy atom. The van der Waals surface area contributed by atoms with Gasteiger partial charge in [0.05, 0.1) is 5.69 Å². The number of hydrogen-bond donors (Lipinski definition) is 2. The van der Waals surface area contributed by atoms with Gasteiger partial charge in [-0.2, -0.15) is 0 Å². The first-order valence-corrected chi connectivity index (χ1v) is 8.06. The lowest BCUT2D eigenvalue weighted by atomic mass is 9.93. The number of nitrogens with zero attached hydrogens (tertiary/aromatic N) is 1. The Hall–Kier alpha value is -2.08. The standard InChI is InChI=1S/C17H22N2O4/c1-11-17(22)18-14-8-13(2-3-15(14)23-11)10-19-6-4-12(5-7-19)9-16(20)21/h2-3,8,11-12H,4-7,9-10H2,1H3,(H,18,22)(H,20,21). The quantitative estimate of drug-likeness (QED) is 0.889. The number of carbonyl (C=O) groups excluding carboxylic acids is 1. The van der Waals surface area contributed by atoms with Gasteiger partial charge in [-0.25, -0.2) is 0 Å². The van der Waals surface area contributed by atoms with Crippen molar-refractivity contribution >= 4 is 17.6 Å². The second kappa shape index (κ2) is 6.58. The number of carbonyl (C=O) groups is 2. The smallest absolute Gasteiger partial charge is 0.303 e. The fourth-order valence-corrected chi connectivity index (χ4v) is 3.21. The summed E-state index contributed by atoms with van der Waals surface area (Å²) in [5.41, 5.74) is 1.85. The zero-order chi connectivity index (χ0) is 16.4. The summed E-state index contributed by atoms with van der Waals surface area (Å²) in [6.07, 6.45) is 1.67. The minimum atomic E-state index is -0.705. The van der Waals surface area contributed by atoms with Crippen molar-refractivity contribution in [1.82, 2.24) is 4.90 Å². The number of carboxylic acid groups (broad SMARTS) is 1. The number of nitrogens with one attached hydrogen (secondary N) is 1. The maximum atomic E-state index is 11.7. The van der Waals surface area contributed by atoms with Crippen LogP contribution in [0.1, 0.15) is 31.7 Å². The molecule has 2 aliphatic rings. The van der Waals surface area contributed by atoms with Crippen molar-refractivity contribution in [3.63, 3.8) is 0 Å². The summed E-state index contributed by atoms with van der Waals surface area (Å²) in [6, 6.07) is 5.88. The lowest BCUT2D eigenvalue weighted by molar-refractivity contribution is -0.138. The van der Waals surface area contributed by atoms with Crippen LogP contribution in [-0.2, 0) is 16.1 Å². The number of ether oxygens (including phenoxy) is 1. The summed E-state index contributed by atoms with van der Waals surface area (Å²) in [5.74, 6) is 0.176. The lowest BCUT2D eigenvalue weighted by Gasteiger charge is -2.31. The number of rotatable bonds is 4. The molecule has 0 radical (unpaired) electrons. The van der Waals surface area contributed by atoms with E-state index in [9.17, 15) is 9.59 Å². The van der Waals surface area contributed by atoms with E-state index in [1.165, 1.54) is 0 Å². The molecule has 6 nitrogen and oxygen atoms in total. The van der Waals surface area contributed by atoms with Crippen LogP contribution in [-0.4, -0.2) is 41.1 Å². The van der Waals surface area contributed by atoms with Crippen LogP contribution >= 0.6 is 0 Å². The van der Waals surface area contributed by atoms with E-state index in [4.69, 9.17) is 9.84 Å². The first-order chi connectivity index (χ1) is 11.0. The van der Waals surface area contributed by atoms with E-state index in [0.717, 1.165) is 43.7 Å². The molecule has 1 atom stereocenters. The Balaban J connectivity index is 1.58. The summed E-state index contributed by atoms with van der Waals surface area (Å²) < 4.78 is 5.56. The molecule has 1 amide bonds. The predicted octanol–water partition coefficient (Wildman–Crippen LogP) is 2.09. The van der Waals surface area contributed by atoms with Crippen molar-refractivity contribution in [3.05, 3.63) is 23.8 Å². The number of likely N-dealkylation sites (tertiary alicyclic amines) is 1.